The maximum atomic E-state index is 10.5. The molecule has 4 atom stereocenters. The number of ether oxygens (including phenoxy) is 1. The molecule has 0 spiro atoms. The highest BCUT2D eigenvalue weighted by Crippen LogP contribution is 2.34. The summed E-state index contributed by atoms with van der Waals surface area (Å²) in [4.78, 5) is 8.52. The van der Waals surface area contributed by atoms with E-state index in [0.29, 0.717) is 12.8 Å². The molecule has 3 aromatic rings. The van der Waals surface area contributed by atoms with Crippen molar-refractivity contribution in [2.75, 3.05) is 0 Å². The van der Waals surface area contributed by atoms with Crippen LogP contribution in [0.4, 0.5) is 0 Å². The Morgan fingerprint density at radius 2 is 2.04 bits per heavy atom. The molecule has 0 unspecified atom stereocenters. The van der Waals surface area contributed by atoms with E-state index >= 15 is 0 Å². The van der Waals surface area contributed by atoms with Crippen molar-refractivity contribution < 1.29 is 14.9 Å². The molecule has 0 aliphatic carbocycles. The van der Waals surface area contributed by atoms with E-state index in [1.165, 1.54) is 11.9 Å². The molecule has 0 saturated carbocycles. The number of nitrogens with zero attached hydrogens (tertiary/aromatic N) is 3. The second kappa shape index (κ2) is 7.15. The first kappa shape index (κ1) is 17.1. The van der Waals surface area contributed by atoms with Crippen molar-refractivity contribution in [1.82, 2.24) is 14.5 Å². The molecule has 6 nitrogen and oxygen atoms in total. The molecule has 4 rings (SSSR count). The highest BCUT2D eigenvalue weighted by Gasteiger charge is 2.39. The van der Waals surface area contributed by atoms with Gasteiger partial charge in [-0.2, -0.15) is 0 Å². The Bertz CT molecular complexity index is 880. The summed E-state index contributed by atoms with van der Waals surface area (Å²) in [6.45, 7) is 1.93. The van der Waals surface area contributed by atoms with E-state index in [9.17, 15) is 10.2 Å². The minimum atomic E-state index is -0.683. The van der Waals surface area contributed by atoms with Crippen molar-refractivity contribution in [3.63, 3.8) is 0 Å². The van der Waals surface area contributed by atoms with Gasteiger partial charge in [0.15, 0.2) is 6.23 Å². The minimum absolute atomic E-state index is 0.390. The number of aryl methyl sites for hydroxylation is 2. The zero-order chi connectivity index (χ0) is 18.1. The lowest BCUT2D eigenvalue weighted by Crippen LogP contribution is -2.26. The van der Waals surface area contributed by atoms with Gasteiger partial charge in [0.25, 0.3) is 0 Å². The standard InChI is InChI=1S/C20H23N3O3/c1-13-15-9-10-23(19(15)22-12-21-13)20-17(25)11-18(26-20)16(24)8-7-14-5-3-2-4-6-14/h2-6,9-10,12,16-18,20,24-25H,7-8,11H2,1H3/t16-,17-,18+,20-/m1/s1. The average molecular weight is 353 g/mol. The second-order valence-corrected chi connectivity index (χ2v) is 6.88. The van der Waals surface area contributed by atoms with E-state index in [4.69, 9.17) is 4.74 Å². The summed E-state index contributed by atoms with van der Waals surface area (Å²) >= 11 is 0. The third-order valence-corrected chi connectivity index (χ3v) is 5.10. The number of aromatic nitrogens is 3. The summed E-state index contributed by atoms with van der Waals surface area (Å²) in [6, 6.07) is 12.0. The number of hydrogen-bond acceptors (Lipinski definition) is 5. The Kier molecular flexibility index (Phi) is 4.72. The predicted molar refractivity (Wildman–Crippen MR) is 97.6 cm³/mol. The molecule has 1 saturated heterocycles. The largest absolute Gasteiger partial charge is 0.390 e. The van der Waals surface area contributed by atoms with Gasteiger partial charge in [-0.1, -0.05) is 30.3 Å². The Labute approximate surface area is 152 Å². The monoisotopic (exact) mass is 353 g/mol. The predicted octanol–water partition coefficient (Wildman–Crippen LogP) is 2.38. The van der Waals surface area contributed by atoms with E-state index in [0.717, 1.165) is 23.1 Å². The van der Waals surface area contributed by atoms with Gasteiger partial charge in [-0.05, 0) is 31.4 Å². The fourth-order valence-corrected chi connectivity index (χ4v) is 3.63. The quantitative estimate of drug-likeness (QED) is 0.736. The van der Waals surface area contributed by atoms with Gasteiger partial charge >= 0.3 is 0 Å². The molecule has 0 radical (unpaired) electrons. The third kappa shape index (κ3) is 3.23. The summed E-state index contributed by atoms with van der Waals surface area (Å²) in [6.07, 6.45) is 2.93. The normalized spacial score (nSPS) is 24.2. The molecule has 1 aliphatic rings. The highest BCUT2D eigenvalue weighted by molar-refractivity contribution is 5.78. The molecule has 3 heterocycles. The molecule has 2 N–H and O–H groups in total. The van der Waals surface area contributed by atoms with Crippen molar-refractivity contribution in [2.45, 2.75) is 50.7 Å². The number of aliphatic hydroxyl groups excluding tert-OH is 2. The van der Waals surface area contributed by atoms with E-state index in [1.807, 2.05) is 54.1 Å². The first-order valence-electron chi connectivity index (χ1n) is 8.97. The molecular weight excluding hydrogens is 330 g/mol. The maximum absolute atomic E-state index is 10.5. The first-order chi connectivity index (χ1) is 12.6. The van der Waals surface area contributed by atoms with Gasteiger partial charge in [-0.25, -0.2) is 9.97 Å². The Hall–Kier alpha value is -2.28. The lowest BCUT2D eigenvalue weighted by atomic mass is 10.0. The molecule has 1 fully saturated rings. The molecule has 2 aromatic heterocycles. The lowest BCUT2D eigenvalue weighted by Gasteiger charge is -2.20. The Morgan fingerprint density at radius 1 is 1.23 bits per heavy atom. The Balaban J connectivity index is 1.46. The van der Waals surface area contributed by atoms with E-state index in [-0.39, 0.29) is 6.10 Å². The van der Waals surface area contributed by atoms with Crippen LogP contribution in [0.5, 0.6) is 0 Å². The van der Waals surface area contributed by atoms with Crippen LogP contribution in [0.15, 0.2) is 48.9 Å². The van der Waals surface area contributed by atoms with Crippen LogP contribution in [0.25, 0.3) is 11.0 Å². The molecule has 136 valence electrons. The van der Waals surface area contributed by atoms with Gasteiger partial charge < -0.3 is 19.5 Å². The van der Waals surface area contributed by atoms with E-state index < -0.39 is 18.4 Å². The maximum Gasteiger partial charge on any atom is 0.161 e. The topological polar surface area (TPSA) is 80.4 Å². The summed E-state index contributed by atoms with van der Waals surface area (Å²) in [7, 11) is 0. The lowest BCUT2D eigenvalue weighted by molar-refractivity contribution is -0.0753. The number of benzene rings is 1. The van der Waals surface area contributed by atoms with Crippen LogP contribution in [-0.4, -0.2) is 43.1 Å². The summed E-state index contributed by atoms with van der Waals surface area (Å²) < 4.78 is 7.85. The number of aliphatic hydroxyl groups is 2. The van der Waals surface area contributed by atoms with Crippen LogP contribution < -0.4 is 0 Å². The molecular formula is C20H23N3O3. The van der Waals surface area contributed by atoms with Crippen molar-refractivity contribution in [1.29, 1.82) is 0 Å². The second-order valence-electron chi connectivity index (χ2n) is 6.88. The summed E-state index contributed by atoms with van der Waals surface area (Å²) in [5.41, 5.74) is 2.81. The number of fused-ring (bicyclic) bond motifs is 1. The molecule has 1 aliphatic heterocycles. The number of rotatable bonds is 5. The number of hydrogen-bond donors (Lipinski definition) is 2. The van der Waals surface area contributed by atoms with E-state index in [1.54, 1.807) is 0 Å². The zero-order valence-electron chi connectivity index (χ0n) is 14.7. The highest BCUT2D eigenvalue weighted by atomic mass is 16.5. The van der Waals surface area contributed by atoms with Crippen LogP contribution in [0.3, 0.4) is 0 Å². The summed E-state index contributed by atoms with van der Waals surface area (Å²) in [5, 5.41) is 22.0. The third-order valence-electron chi connectivity index (χ3n) is 5.10. The smallest absolute Gasteiger partial charge is 0.161 e. The van der Waals surface area contributed by atoms with Gasteiger partial charge in [-0.15, -0.1) is 0 Å². The first-order valence-corrected chi connectivity index (χ1v) is 8.97. The van der Waals surface area contributed by atoms with E-state index in [2.05, 4.69) is 9.97 Å². The molecule has 6 heteroatoms. The van der Waals surface area contributed by atoms with Gasteiger partial charge in [0.2, 0.25) is 0 Å². The van der Waals surface area contributed by atoms with Crippen LogP contribution in [0.1, 0.15) is 30.3 Å². The van der Waals surface area contributed by atoms with Crippen LogP contribution >= 0.6 is 0 Å². The van der Waals surface area contributed by atoms with Crippen LogP contribution in [-0.2, 0) is 11.2 Å². The minimum Gasteiger partial charge on any atom is -0.390 e. The van der Waals surface area contributed by atoms with Crippen LogP contribution in [0, 0.1) is 6.92 Å². The molecule has 0 amide bonds. The zero-order valence-corrected chi connectivity index (χ0v) is 14.7. The SMILES string of the molecule is Cc1ncnc2c1ccn2[C@@H]1O[C@H]([C@H](O)CCc2ccccc2)C[C@H]1O. The average Bonchev–Trinajstić information content (AvgIpc) is 3.25. The molecule has 0 bridgehead atoms. The summed E-state index contributed by atoms with van der Waals surface area (Å²) in [5.74, 6) is 0. The fourth-order valence-electron chi connectivity index (χ4n) is 3.63. The van der Waals surface area contributed by atoms with Gasteiger partial charge in [0.05, 0.1) is 17.9 Å². The fraction of sp³-hybridized carbons (Fsp3) is 0.400. The van der Waals surface area contributed by atoms with Crippen molar-refractivity contribution in [3.05, 3.63) is 60.2 Å². The van der Waals surface area contributed by atoms with Gasteiger partial charge in [0, 0.05) is 18.0 Å². The molecule has 26 heavy (non-hydrogen) atoms. The van der Waals surface area contributed by atoms with Crippen molar-refractivity contribution in [3.8, 4) is 0 Å². The van der Waals surface area contributed by atoms with Crippen molar-refractivity contribution in [2.24, 2.45) is 0 Å². The molecule has 1 aromatic carbocycles. The van der Waals surface area contributed by atoms with Crippen molar-refractivity contribution >= 4 is 11.0 Å². The van der Waals surface area contributed by atoms with Crippen LogP contribution in [0.2, 0.25) is 0 Å². The Morgan fingerprint density at radius 3 is 2.85 bits per heavy atom. The van der Waals surface area contributed by atoms with Gasteiger partial charge in [0.1, 0.15) is 18.1 Å². The van der Waals surface area contributed by atoms with Gasteiger partial charge in [-0.3, -0.25) is 0 Å².